The molecule has 3 rings (SSSR count). The smallest absolute Gasteiger partial charge is 0.266 e. The molecule has 1 fully saturated rings. The Morgan fingerprint density at radius 3 is 2.79 bits per heavy atom. The molecule has 2 amide bonds. The lowest BCUT2D eigenvalue weighted by molar-refractivity contribution is 0.0790. The van der Waals surface area contributed by atoms with E-state index < -0.39 is 0 Å². The number of ether oxygens (including phenoxy) is 1. The molecular formula is C24H29N5O3S. The zero-order valence-electron chi connectivity index (χ0n) is 19.0. The van der Waals surface area contributed by atoms with Crippen LogP contribution in [-0.4, -0.2) is 68.4 Å². The molecule has 0 aliphatic carbocycles. The summed E-state index contributed by atoms with van der Waals surface area (Å²) in [6.45, 7) is 2.95. The first kappa shape index (κ1) is 24.4. The van der Waals surface area contributed by atoms with Gasteiger partial charge in [-0.25, -0.2) is 4.99 Å². The molecule has 1 aliphatic heterocycles. The van der Waals surface area contributed by atoms with Crippen molar-refractivity contribution in [2.24, 2.45) is 4.99 Å². The highest BCUT2D eigenvalue weighted by atomic mass is 32.1. The largest absolute Gasteiger partial charge is 0.383 e. The number of carbonyl (C=O) groups is 2. The van der Waals surface area contributed by atoms with Crippen molar-refractivity contribution < 1.29 is 14.3 Å². The first-order valence-electron chi connectivity index (χ1n) is 11.0. The molecule has 9 heteroatoms. The number of nitrogens with zero attached hydrogens (tertiary/aromatic N) is 4. The summed E-state index contributed by atoms with van der Waals surface area (Å²) >= 11 is 1.13. The minimum Gasteiger partial charge on any atom is -0.383 e. The van der Waals surface area contributed by atoms with E-state index >= 15 is 0 Å². The highest BCUT2D eigenvalue weighted by molar-refractivity contribution is 7.16. The fourth-order valence-electron chi connectivity index (χ4n) is 3.54. The first-order valence-corrected chi connectivity index (χ1v) is 11.8. The molecule has 0 saturated carbocycles. The van der Waals surface area contributed by atoms with Crippen LogP contribution in [0.15, 0.2) is 35.3 Å². The molecule has 174 valence electrons. The minimum atomic E-state index is -0.261. The topological polar surface area (TPSA) is 98.0 Å². The lowest BCUT2D eigenvalue weighted by Gasteiger charge is -2.23. The Labute approximate surface area is 198 Å². The van der Waals surface area contributed by atoms with Crippen LogP contribution in [0.5, 0.6) is 0 Å². The molecule has 33 heavy (non-hydrogen) atoms. The molecule has 0 radical (unpaired) electrons. The van der Waals surface area contributed by atoms with Crippen LogP contribution >= 0.6 is 11.3 Å². The Hall–Kier alpha value is -3.22. The SMILES string of the molecule is COCCNC(=O)c1cc(/N=C/N2CCCCC2)c(C(=O)N(C)Cc2ccccc2C#N)s1. The molecule has 2 aromatic rings. The number of aliphatic imine (C=N–C) groups is 1. The van der Waals surface area contributed by atoms with Gasteiger partial charge in [-0.1, -0.05) is 18.2 Å². The quantitative estimate of drug-likeness (QED) is 0.346. The second-order valence-corrected chi connectivity index (χ2v) is 8.90. The second-order valence-electron chi connectivity index (χ2n) is 7.85. The molecule has 8 nitrogen and oxygen atoms in total. The van der Waals surface area contributed by atoms with Crippen molar-refractivity contribution in [3.8, 4) is 6.07 Å². The van der Waals surface area contributed by atoms with Gasteiger partial charge in [-0.3, -0.25) is 9.59 Å². The maximum atomic E-state index is 13.3. The van der Waals surface area contributed by atoms with Crippen molar-refractivity contribution in [1.29, 1.82) is 5.26 Å². The fraction of sp³-hybridized carbons (Fsp3) is 0.417. The van der Waals surface area contributed by atoms with E-state index in [1.54, 1.807) is 43.6 Å². The molecule has 1 aliphatic rings. The summed E-state index contributed by atoms with van der Waals surface area (Å²) in [5, 5.41) is 12.1. The van der Waals surface area contributed by atoms with Crippen molar-refractivity contribution in [2.75, 3.05) is 40.4 Å². The van der Waals surface area contributed by atoms with Gasteiger partial charge in [0.2, 0.25) is 0 Å². The average molecular weight is 468 g/mol. The number of nitrogens with one attached hydrogen (secondary N) is 1. The van der Waals surface area contributed by atoms with Crippen LogP contribution in [0, 0.1) is 11.3 Å². The van der Waals surface area contributed by atoms with Gasteiger partial charge >= 0.3 is 0 Å². The van der Waals surface area contributed by atoms with E-state index in [9.17, 15) is 14.9 Å². The number of carbonyl (C=O) groups excluding carboxylic acids is 2. The van der Waals surface area contributed by atoms with Crippen LogP contribution in [0.25, 0.3) is 0 Å². The third-order valence-electron chi connectivity index (χ3n) is 5.37. The number of nitriles is 1. The Balaban J connectivity index is 1.83. The number of rotatable bonds is 9. The van der Waals surface area contributed by atoms with Gasteiger partial charge in [-0.15, -0.1) is 11.3 Å². The van der Waals surface area contributed by atoms with E-state index in [1.165, 1.54) is 6.42 Å². The predicted molar refractivity (Wildman–Crippen MR) is 129 cm³/mol. The van der Waals surface area contributed by atoms with E-state index in [4.69, 9.17) is 4.74 Å². The number of benzene rings is 1. The van der Waals surface area contributed by atoms with Crippen LogP contribution in [0.4, 0.5) is 5.69 Å². The van der Waals surface area contributed by atoms with Crippen LogP contribution in [0.1, 0.15) is 49.7 Å². The molecule has 0 spiro atoms. The summed E-state index contributed by atoms with van der Waals surface area (Å²) in [7, 11) is 3.26. The summed E-state index contributed by atoms with van der Waals surface area (Å²) < 4.78 is 4.98. The highest BCUT2D eigenvalue weighted by Crippen LogP contribution is 2.31. The molecule has 1 N–H and O–H groups in total. The molecule has 0 unspecified atom stereocenters. The van der Waals surface area contributed by atoms with Crippen LogP contribution < -0.4 is 5.32 Å². The van der Waals surface area contributed by atoms with Gasteiger partial charge in [-0.05, 0) is 37.0 Å². The van der Waals surface area contributed by atoms with Crippen LogP contribution in [-0.2, 0) is 11.3 Å². The zero-order chi connectivity index (χ0) is 23.6. The van der Waals surface area contributed by atoms with Crippen molar-refractivity contribution in [3.63, 3.8) is 0 Å². The zero-order valence-corrected chi connectivity index (χ0v) is 19.9. The lowest BCUT2D eigenvalue weighted by Crippen LogP contribution is -2.28. The van der Waals surface area contributed by atoms with Gasteiger partial charge in [-0.2, -0.15) is 5.26 Å². The van der Waals surface area contributed by atoms with Crippen LogP contribution in [0.3, 0.4) is 0 Å². The molecule has 0 atom stereocenters. The van der Waals surface area contributed by atoms with Gasteiger partial charge < -0.3 is 19.9 Å². The molecule has 2 heterocycles. The third kappa shape index (κ3) is 6.63. The van der Waals surface area contributed by atoms with Crippen molar-refractivity contribution in [3.05, 3.63) is 51.2 Å². The van der Waals surface area contributed by atoms with Crippen LogP contribution in [0.2, 0.25) is 0 Å². The maximum absolute atomic E-state index is 13.3. The number of thiophene rings is 1. The normalized spacial score (nSPS) is 13.7. The van der Waals surface area contributed by atoms with Gasteiger partial charge in [0, 0.05) is 40.3 Å². The van der Waals surface area contributed by atoms with Gasteiger partial charge in [0.1, 0.15) is 4.88 Å². The lowest BCUT2D eigenvalue weighted by atomic mass is 10.1. The fourth-order valence-corrected chi connectivity index (χ4v) is 4.56. The molecule has 0 bridgehead atoms. The third-order valence-corrected chi connectivity index (χ3v) is 6.48. The summed E-state index contributed by atoms with van der Waals surface area (Å²) in [6.07, 6.45) is 5.23. The minimum absolute atomic E-state index is 0.241. The van der Waals surface area contributed by atoms with Gasteiger partial charge in [0.05, 0.1) is 35.1 Å². The number of hydrogen-bond acceptors (Lipinski definition) is 6. The van der Waals surface area contributed by atoms with Gasteiger partial charge in [0.15, 0.2) is 0 Å². The second kappa shape index (κ2) is 12.1. The summed E-state index contributed by atoms with van der Waals surface area (Å²) in [6, 6.07) is 11.0. The molecular weight excluding hydrogens is 438 g/mol. The Bertz CT molecular complexity index is 1040. The first-order chi connectivity index (χ1) is 16.0. The predicted octanol–water partition coefficient (Wildman–Crippen LogP) is 3.41. The monoisotopic (exact) mass is 467 g/mol. The highest BCUT2D eigenvalue weighted by Gasteiger charge is 2.23. The van der Waals surface area contributed by atoms with E-state index in [0.29, 0.717) is 34.2 Å². The Kier molecular flexibility index (Phi) is 8.98. The van der Waals surface area contributed by atoms with E-state index in [0.717, 1.165) is 42.8 Å². The number of methoxy groups -OCH3 is 1. The van der Waals surface area contributed by atoms with E-state index in [-0.39, 0.29) is 18.4 Å². The number of amides is 2. The number of piperidine rings is 1. The van der Waals surface area contributed by atoms with Crippen molar-refractivity contribution in [1.82, 2.24) is 15.1 Å². The molecule has 1 aromatic heterocycles. The van der Waals surface area contributed by atoms with Crippen molar-refractivity contribution >= 4 is 35.2 Å². The maximum Gasteiger partial charge on any atom is 0.266 e. The molecule has 1 aromatic carbocycles. The molecule has 1 saturated heterocycles. The van der Waals surface area contributed by atoms with Crippen molar-refractivity contribution in [2.45, 2.75) is 25.8 Å². The Morgan fingerprint density at radius 2 is 2.06 bits per heavy atom. The number of hydrogen-bond donors (Lipinski definition) is 1. The summed E-state index contributed by atoms with van der Waals surface area (Å²) in [5.41, 5.74) is 1.78. The Morgan fingerprint density at radius 1 is 1.30 bits per heavy atom. The van der Waals surface area contributed by atoms with Gasteiger partial charge in [0.25, 0.3) is 11.8 Å². The number of likely N-dealkylation sites (tertiary alicyclic amines) is 1. The average Bonchev–Trinajstić information content (AvgIpc) is 3.27. The standard InChI is InChI=1S/C24H29N5O3S/c1-28(16-19-9-5-4-8-18(19)15-25)24(31)22-20(27-17-29-11-6-3-7-12-29)14-21(33-22)23(30)26-10-13-32-2/h4-5,8-9,14,17H,3,6-7,10-13,16H2,1-2H3,(H,26,30)/b27-17+. The summed E-state index contributed by atoms with van der Waals surface area (Å²) in [5.74, 6) is -0.502. The van der Waals surface area contributed by atoms with E-state index in [1.807, 2.05) is 12.1 Å². The van der Waals surface area contributed by atoms with E-state index in [2.05, 4.69) is 21.3 Å². The summed E-state index contributed by atoms with van der Waals surface area (Å²) in [4.78, 5) is 35.0.